The highest BCUT2D eigenvalue weighted by Gasteiger charge is 2.07. The number of aryl methyl sites for hydroxylation is 2. The van der Waals surface area contributed by atoms with Gasteiger partial charge in [-0.2, -0.15) is 5.26 Å². The minimum absolute atomic E-state index is 0.732. The van der Waals surface area contributed by atoms with E-state index in [0.717, 1.165) is 16.3 Å². The van der Waals surface area contributed by atoms with E-state index in [1.165, 1.54) is 20.9 Å². The predicted octanol–water partition coefficient (Wildman–Crippen LogP) is 5.48. The molecule has 1 nitrogen and oxygen atoms in total. The van der Waals surface area contributed by atoms with Crippen LogP contribution in [0.4, 0.5) is 0 Å². The van der Waals surface area contributed by atoms with Crippen LogP contribution in [0.25, 0.3) is 10.8 Å². The van der Waals surface area contributed by atoms with Crippen LogP contribution in [0.5, 0.6) is 0 Å². The second-order valence-corrected chi connectivity index (χ2v) is 6.23. The molecule has 0 unspecified atom stereocenters. The number of hydrogen-bond acceptors (Lipinski definition) is 2. The fourth-order valence-electron chi connectivity index (χ4n) is 2.36. The molecule has 0 spiro atoms. The van der Waals surface area contributed by atoms with E-state index in [4.69, 9.17) is 0 Å². The van der Waals surface area contributed by atoms with E-state index < -0.39 is 0 Å². The summed E-state index contributed by atoms with van der Waals surface area (Å²) in [5, 5.41) is 11.4. The first-order valence-corrected chi connectivity index (χ1v) is 7.67. The van der Waals surface area contributed by atoms with Gasteiger partial charge in [0, 0.05) is 15.2 Å². The topological polar surface area (TPSA) is 23.8 Å². The highest BCUT2D eigenvalue weighted by atomic mass is 32.2. The Morgan fingerprint density at radius 1 is 0.857 bits per heavy atom. The van der Waals surface area contributed by atoms with Gasteiger partial charge >= 0.3 is 0 Å². The summed E-state index contributed by atoms with van der Waals surface area (Å²) >= 11 is 1.75. The zero-order valence-electron chi connectivity index (χ0n) is 12.1. The smallest absolute Gasteiger partial charge is 0.0998 e. The van der Waals surface area contributed by atoms with E-state index in [2.05, 4.69) is 44.2 Å². The highest BCUT2D eigenvalue weighted by Crippen LogP contribution is 2.35. The summed E-state index contributed by atoms with van der Waals surface area (Å²) in [5.74, 6) is 0. The second-order valence-electron chi connectivity index (χ2n) is 5.12. The number of fused-ring (bicyclic) bond motifs is 1. The molecule has 0 fully saturated rings. The zero-order valence-corrected chi connectivity index (χ0v) is 12.9. The second kappa shape index (κ2) is 5.63. The van der Waals surface area contributed by atoms with Crippen LogP contribution in [0, 0.1) is 25.2 Å². The Labute approximate surface area is 129 Å². The van der Waals surface area contributed by atoms with Crippen molar-refractivity contribution in [3.8, 4) is 6.07 Å². The molecule has 3 rings (SSSR count). The van der Waals surface area contributed by atoms with E-state index >= 15 is 0 Å². The van der Waals surface area contributed by atoms with Crippen LogP contribution in [0.3, 0.4) is 0 Å². The molecule has 3 aromatic carbocycles. The summed E-state index contributed by atoms with van der Waals surface area (Å²) in [5.41, 5.74) is 3.34. The summed E-state index contributed by atoms with van der Waals surface area (Å²) in [6.45, 7) is 4.26. The lowest BCUT2D eigenvalue weighted by molar-refractivity contribution is 1.28. The van der Waals surface area contributed by atoms with Crippen LogP contribution in [0.15, 0.2) is 64.4 Å². The van der Waals surface area contributed by atoms with Crippen LogP contribution >= 0.6 is 11.8 Å². The predicted molar refractivity (Wildman–Crippen MR) is 88.7 cm³/mol. The van der Waals surface area contributed by atoms with Crippen LogP contribution in [0.2, 0.25) is 0 Å². The Morgan fingerprint density at radius 3 is 2.33 bits per heavy atom. The molecule has 0 aromatic heterocycles. The fraction of sp³-hybridized carbons (Fsp3) is 0.105. The molecule has 0 amide bonds. The van der Waals surface area contributed by atoms with Gasteiger partial charge in [0.1, 0.15) is 0 Å². The lowest BCUT2D eigenvalue weighted by Gasteiger charge is -2.09. The quantitative estimate of drug-likeness (QED) is 0.623. The molecule has 0 N–H and O–H groups in total. The molecule has 0 bridgehead atoms. The third kappa shape index (κ3) is 2.66. The van der Waals surface area contributed by atoms with Crippen molar-refractivity contribution < 1.29 is 0 Å². The Morgan fingerprint density at radius 2 is 1.62 bits per heavy atom. The average Bonchev–Trinajstić information content (AvgIpc) is 2.51. The van der Waals surface area contributed by atoms with Crippen LogP contribution in [-0.4, -0.2) is 0 Å². The van der Waals surface area contributed by atoms with Gasteiger partial charge in [-0.05, 0) is 54.6 Å². The molecule has 0 saturated heterocycles. The standard InChI is InChI=1S/C19H15NS/c1-13-7-9-16(11-14(13)2)21-19-10-8-15(12-20)17-5-3-4-6-18(17)19/h3-11H,1-2H3. The largest absolute Gasteiger partial charge is 0.192 e. The molecular weight excluding hydrogens is 274 g/mol. The van der Waals surface area contributed by atoms with Crippen molar-refractivity contribution in [3.05, 3.63) is 71.3 Å². The van der Waals surface area contributed by atoms with Crippen molar-refractivity contribution in [2.24, 2.45) is 0 Å². The molecule has 3 aromatic rings. The number of hydrogen-bond donors (Lipinski definition) is 0. The first-order valence-electron chi connectivity index (χ1n) is 6.86. The lowest BCUT2D eigenvalue weighted by atomic mass is 10.1. The Bertz CT molecular complexity index is 859. The minimum Gasteiger partial charge on any atom is -0.192 e. The van der Waals surface area contributed by atoms with E-state index in [-0.39, 0.29) is 0 Å². The molecular formula is C19H15NS. The normalized spacial score (nSPS) is 10.5. The van der Waals surface area contributed by atoms with Gasteiger partial charge in [0.15, 0.2) is 0 Å². The van der Waals surface area contributed by atoms with Crippen molar-refractivity contribution >= 4 is 22.5 Å². The van der Waals surface area contributed by atoms with Gasteiger partial charge in [-0.25, -0.2) is 0 Å². The van der Waals surface area contributed by atoms with Crippen molar-refractivity contribution in [2.45, 2.75) is 23.6 Å². The van der Waals surface area contributed by atoms with Crippen molar-refractivity contribution in [1.29, 1.82) is 5.26 Å². The molecule has 21 heavy (non-hydrogen) atoms. The van der Waals surface area contributed by atoms with E-state index in [0.29, 0.717) is 0 Å². The van der Waals surface area contributed by atoms with Crippen molar-refractivity contribution in [1.82, 2.24) is 0 Å². The molecule has 0 atom stereocenters. The molecule has 0 aliphatic heterocycles. The SMILES string of the molecule is Cc1ccc(Sc2ccc(C#N)c3ccccc23)cc1C. The maximum atomic E-state index is 9.23. The maximum Gasteiger partial charge on any atom is 0.0998 e. The van der Waals surface area contributed by atoms with E-state index in [1.807, 2.05) is 30.3 Å². The average molecular weight is 289 g/mol. The highest BCUT2D eigenvalue weighted by molar-refractivity contribution is 7.99. The van der Waals surface area contributed by atoms with E-state index in [9.17, 15) is 5.26 Å². The fourth-order valence-corrected chi connectivity index (χ4v) is 3.41. The summed E-state index contributed by atoms with van der Waals surface area (Å²) in [4.78, 5) is 2.42. The maximum absolute atomic E-state index is 9.23. The van der Waals surface area contributed by atoms with Gasteiger partial charge in [0.25, 0.3) is 0 Å². The summed E-state index contributed by atoms with van der Waals surface area (Å²) in [7, 11) is 0. The molecule has 0 heterocycles. The molecule has 102 valence electrons. The molecule has 0 aliphatic carbocycles. The number of benzene rings is 3. The molecule has 2 heteroatoms. The van der Waals surface area contributed by atoms with Crippen molar-refractivity contribution in [3.63, 3.8) is 0 Å². The van der Waals surface area contributed by atoms with Gasteiger partial charge in [0.2, 0.25) is 0 Å². The van der Waals surface area contributed by atoms with Crippen molar-refractivity contribution in [2.75, 3.05) is 0 Å². The summed E-state index contributed by atoms with van der Waals surface area (Å²) in [6, 6.07) is 20.8. The van der Waals surface area contributed by atoms with E-state index in [1.54, 1.807) is 11.8 Å². The zero-order chi connectivity index (χ0) is 14.8. The Kier molecular flexibility index (Phi) is 3.68. The molecule has 0 radical (unpaired) electrons. The van der Waals surface area contributed by atoms with Crippen LogP contribution in [0.1, 0.15) is 16.7 Å². The van der Waals surface area contributed by atoms with Crippen LogP contribution in [-0.2, 0) is 0 Å². The van der Waals surface area contributed by atoms with Gasteiger partial charge in [-0.3, -0.25) is 0 Å². The number of rotatable bonds is 2. The number of nitriles is 1. The van der Waals surface area contributed by atoms with Gasteiger partial charge in [0.05, 0.1) is 11.6 Å². The Balaban J connectivity index is 2.09. The Hall–Kier alpha value is -2.24. The first-order chi connectivity index (χ1) is 10.2. The summed E-state index contributed by atoms with van der Waals surface area (Å²) in [6.07, 6.45) is 0. The monoisotopic (exact) mass is 289 g/mol. The molecule has 0 saturated carbocycles. The third-order valence-corrected chi connectivity index (χ3v) is 4.78. The minimum atomic E-state index is 0.732. The summed E-state index contributed by atoms with van der Waals surface area (Å²) < 4.78 is 0. The van der Waals surface area contributed by atoms with Gasteiger partial charge < -0.3 is 0 Å². The lowest BCUT2D eigenvalue weighted by Crippen LogP contribution is -1.84. The first kappa shape index (κ1) is 13.7. The third-order valence-electron chi connectivity index (χ3n) is 3.71. The van der Waals surface area contributed by atoms with Gasteiger partial charge in [-0.1, -0.05) is 42.1 Å². The molecule has 0 aliphatic rings. The van der Waals surface area contributed by atoms with Crippen LogP contribution < -0.4 is 0 Å². The van der Waals surface area contributed by atoms with Gasteiger partial charge in [-0.15, -0.1) is 0 Å². The number of nitrogens with zero attached hydrogens (tertiary/aromatic N) is 1.